The van der Waals surface area contributed by atoms with Gasteiger partial charge in [-0.2, -0.15) is 5.26 Å². The molecule has 0 aliphatic carbocycles. The van der Waals surface area contributed by atoms with E-state index < -0.39 is 5.60 Å². The van der Waals surface area contributed by atoms with Crippen molar-refractivity contribution in [3.05, 3.63) is 28.2 Å². The van der Waals surface area contributed by atoms with Crippen molar-refractivity contribution in [1.82, 2.24) is 4.90 Å². The van der Waals surface area contributed by atoms with Crippen LogP contribution in [0.5, 0.6) is 0 Å². The summed E-state index contributed by atoms with van der Waals surface area (Å²) in [7, 11) is 0. The Kier molecular flexibility index (Phi) is 4.69. The molecule has 1 fully saturated rings. The number of nitrogens with zero attached hydrogens (tertiary/aromatic N) is 3. The second kappa shape index (κ2) is 6.13. The minimum Gasteiger partial charge on any atom is -0.389 e. The summed E-state index contributed by atoms with van der Waals surface area (Å²) in [4.78, 5) is 4.60. The molecule has 0 aromatic heterocycles. The summed E-state index contributed by atoms with van der Waals surface area (Å²) >= 11 is 3.54. The predicted octanol–water partition coefficient (Wildman–Crippen LogP) is 2.21. The number of benzene rings is 1. The molecule has 5 heteroatoms. The maximum atomic E-state index is 9.86. The van der Waals surface area contributed by atoms with Crippen molar-refractivity contribution >= 4 is 21.6 Å². The van der Waals surface area contributed by atoms with Crippen LogP contribution in [0, 0.1) is 11.3 Å². The van der Waals surface area contributed by atoms with E-state index in [9.17, 15) is 5.11 Å². The van der Waals surface area contributed by atoms with Crippen LogP contribution in [0.1, 0.15) is 19.4 Å². The molecule has 0 radical (unpaired) electrons. The van der Waals surface area contributed by atoms with Gasteiger partial charge in [0.05, 0.1) is 22.9 Å². The van der Waals surface area contributed by atoms with E-state index in [1.165, 1.54) is 0 Å². The van der Waals surface area contributed by atoms with Crippen LogP contribution in [0.3, 0.4) is 0 Å². The van der Waals surface area contributed by atoms with Crippen LogP contribution in [0.15, 0.2) is 22.7 Å². The highest BCUT2D eigenvalue weighted by molar-refractivity contribution is 9.10. The molecule has 0 spiro atoms. The summed E-state index contributed by atoms with van der Waals surface area (Å²) in [6, 6.07) is 7.85. The van der Waals surface area contributed by atoms with Gasteiger partial charge in [0.25, 0.3) is 0 Å². The molecular weight excluding hydrogens is 318 g/mol. The molecule has 2 rings (SSSR count). The summed E-state index contributed by atoms with van der Waals surface area (Å²) in [5.74, 6) is 0. The Morgan fingerprint density at radius 1 is 1.30 bits per heavy atom. The number of aliphatic hydroxyl groups is 1. The second-order valence-corrected chi connectivity index (χ2v) is 6.71. The lowest BCUT2D eigenvalue weighted by molar-refractivity contribution is 0.0345. The molecule has 1 aromatic rings. The third-order valence-electron chi connectivity index (χ3n) is 3.40. The molecule has 1 aliphatic heterocycles. The maximum Gasteiger partial charge on any atom is 0.0992 e. The van der Waals surface area contributed by atoms with Crippen LogP contribution >= 0.6 is 15.9 Å². The molecule has 4 nitrogen and oxygen atoms in total. The Morgan fingerprint density at radius 3 is 2.45 bits per heavy atom. The van der Waals surface area contributed by atoms with Gasteiger partial charge in [0, 0.05) is 37.2 Å². The van der Waals surface area contributed by atoms with Gasteiger partial charge in [-0.15, -0.1) is 0 Å². The van der Waals surface area contributed by atoms with E-state index in [0.29, 0.717) is 12.1 Å². The van der Waals surface area contributed by atoms with Crippen molar-refractivity contribution < 1.29 is 5.11 Å². The van der Waals surface area contributed by atoms with Gasteiger partial charge in [-0.05, 0) is 48.0 Å². The molecule has 1 aliphatic rings. The zero-order chi connectivity index (χ0) is 14.8. The number of hydrogen-bond acceptors (Lipinski definition) is 4. The fourth-order valence-electron chi connectivity index (χ4n) is 2.53. The lowest BCUT2D eigenvalue weighted by atomic mass is 10.1. The first-order valence-corrected chi connectivity index (χ1v) is 7.58. The van der Waals surface area contributed by atoms with Gasteiger partial charge in [-0.1, -0.05) is 0 Å². The third-order valence-corrected chi connectivity index (χ3v) is 4.04. The number of anilines is 1. The van der Waals surface area contributed by atoms with Crippen LogP contribution in [0.2, 0.25) is 0 Å². The van der Waals surface area contributed by atoms with Crippen molar-refractivity contribution in [2.45, 2.75) is 19.4 Å². The molecule has 1 heterocycles. The zero-order valence-electron chi connectivity index (χ0n) is 11.9. The molecule has 0 amide bonds. The van der Waals surface area contributed by atoms with Crippen LogP contribution < -0.4 is 4.90 Å². The van der Waals surface area contributed by atoms with Crippen molar-refractivity contribution in [2.24, 2.45) is 0 Å². The number of β-amino-alcohol motifs (C(OH)–C–C–N with tert-alkyl or cyclic N) is 1. The van der Waals surface area contributed by atoms with Crippen LogP contribution in [0.25, 0.3) is 0 Å². The standard InChI is InChI=1S/C15H20BrN3O/c1-15(2,20)11-18-5-7-19(8-6-18)14-4-3-12(10-17)9-13(14)16/h3-4,9,20H,5-8,11H2,1-2H3. The van der Waals surface area contributed by atoms with E-state index in [1.807, 2.05) is 32.0 Å². The number of halogens is 1. The lowest BCUT2D eigenvalue weighted by Gasteiger charge is -2.38. The van der Waals surface area contributed by atoms with E-state index in [2.05, 4.69) is 31.8 Å². The fraction of sp³-hybridized carbons (Fsp3) is 0.533. The Hall–Kier alpha value is -1.09. The highest BCUT2D eigenvalue weighted by Gasteiger charge is 2.23. The van der Waals surface area contributed by atoms with Gasteiger partial charge >= 0.3 is 0 Å². The molecule has 1 N–H and O–H groups in total. The average molecular weight is 338 g/mol. The molecule has 1 saturated heterocycles. The Morgan fingerprint density at radius 2 is 1.95 bits per heavy atom. The molecule has 0 bridgehead atoms. The van der Waals surface area contributed by atoms with Gasteiger partial charge < -0.3 is 10.0 Å². The van der Waals surface area contributed by atoms with Gasteiger partial charge in [0.2, 0.25) is 0 Å². The highest BCUT2D eigenvalue weighted by Crippen LogP contribution is 2.28. The van der Waals surface area contributed by atoms with Gasteiger partial charge in [-0.25, -0.2) is 0 Å². The smallest absolute Gasteiger partial charge is 0.0992 e. The largest absolute Gasteiger partial charge is 0.389 e. The molecule has 20 heavy (non-hydrogen) atoms. The Bertz CT molecular complexity index is 511. The third kappa shape index (κ3) is 3.95. The zero-order valence-corrected chi connectivity index (χ0v) is 13.5. The van der Waals surface area contributed by atoms with Gasteiger partial charge in [0.15, 0.2) is 0 Å². The number of nitriles is 1. The highest BCUT2D eigenvalue weighted by atomic mass is 79.9. The summed E-state index contributed by atoms with van der Waals surface area (Å²) < 4.78 is 0.965. The van der Waals surface area contributed by atoms with Gasteiger partial charge in [0.1, 0.15) is 0 Å². The SMILES string of the molecule is CC(C)(O)CN1CCN(c2ccc(C#N)cc2Br)CC1. The van der Waals surface area contributed by atoms with E-state index >= 15 is 0 Å². The van der Waals surface area contributed by atoms with Crippen molar-refractivity contribution in [2.75, 3.05) is 37.6 Å². The molecular formula is C15H20BrN3O. The van der Waals surface area contributed by atoms with Crippen LogP contribution in [-0.2, 0) is 0 Å². The van der Waals surface area contributed by atoms with Crippen molar-refractivity contribution in [3.63, 3.8) is 0 Å². The van der Waals surface area contributed by atoms with Crippen LogP contribution in [-0.4, -0.2) is 48.3 Å². The monoisotopic (exact) mass is 337 g/mol. The first-order chi connectivity index (χ1) is 9.39. The quantitative estimate of drug-likeness (QED) is 0.918. The second-order valence-electron chi connectivity index (χ2n) is 5.85. The lowest BCUT2D eigenvalue weighted by Crippen LogP contribution is -2.50. The summed E-state index contributed by atoms with van der Waals surface area (Å²) in [5.41, 5.74) is 1.16. The minimum atomic E-state index is -0.642. The first-order valence-electron chi connectivity index (χ1n) is 6.78. The summed E-state index contributed by atoms with van der Waals surface area (Å²) in [6.45, 7) is 8.14. The van der Waals surface area contributed by atoms with Gasteiger partial charge in [-0.3, -0.25) is 4.90 Å². The topological polar surface area (TPSA) is 50.5 Å². The minimum absolute atomic E-state index is 0.642. The summed E-state index contributed by atoms with van der Waals surface area (Å²) in [6.07, 6.45) is 0. The Labute approximate surface area is 128 Å². The predicted molar refractivity (Wildman–Crippen MR) is 83.8 cm³/mol. The van der Waals surface area contributed by atoms with Crippen molar-refractivity contribution in [3.8, 4) is 6.07 Å². The molecule has 108 valence electrons. The molecule has 0 unspecified atom stereocenters. The van der Waals surface area contributed by atoms with E-state index in [4.69, 9.17) is 5.26 Å². The normalized spacial score (nSPS) is 17.1. The maximum absolute atomic E-state index is 9.86. The van der Waals surface area contributed by atoms with Crippen molar-refractivity contribution in [1.29, 1.82) is 5.26 Å². The van der Waals surface area contributed by atoms with E-state index in [1.54, 1.807) is 0 Å². The number of rotatable bonds is 3. The van der Waals surface area contributed by atoms with E-state index in [0.717, 1.165) is 36.3 Å². The van der Waals surface area contributed by atoms with Crippen LogP contribution in [0.4, 0.5) is 5.69 Å². The molecule has 1 aromatic carbocycles. The first kappa shape index (κ1) is 15.3. The molecule has 0 atom stereocenters. The Balaban J connectivity index is 1.99. The molecule has 0 saturated carbocycles. The fourth-order valence-corrected chi connectivity index (χ4v) is 3.16. The van der Waals surface area contributed by atoms with E-state index in [-0.39, 0.29) is 0 Å². The number of hydrogen-bond donors (Lipinski definition) is 1. The number of piperazine rings is 1. The average Bonchev–Trinajstić information content (AvgIpc) is 2.38. The summed E-state index contributed by atoms with van der Waals surface area (Å²) in [5, 5.41) is 18.8.